The molecule has 2 amide bonds. The van der Waals surface area contributed by atoms with Crippen molar-refractivity contribution < 1.29 is 19.1 Å². The summed E-state index contributed by atoms with van der Waals surface area (Å²) in [6.45, 7) is 5.05. The van der Waals surface area contributed by atoms with Gasteiger partial charge in [-0.3, -0.25) is 14.6 Å². The summed E-state index contributed by atoms with van der Waals surface area (Å²) in [4.78, 5) is 42.0. The highest BCUT2D eigenvalue weighted by atomic mass is 16.5. The summed E-state index contributed by atoms with van der Waals surface area (Å²) < 4.78 is 5.12. The summed E-state index contributed by atoms with van der Waals surface area (Å²) in [6, 6.07) is 8.89. The van der Waals surface area contributed by atoms with E-state index in [1.54, 1.807) is 11.9 Å². The van der Waals surface area contributed by atoms with Crippen LogP contribution in [0.5, 0.6) is 0 Å². The highest BCUT2D eigenvalue weighted by molar-refractivity contribution is 6.38. The van der Waals surface area contributed by atoms with Crippen molar-refractivity contribution in [3.8, 4) is 0 Å². The Morgan fingerprint density at radius 1 is 1.00 bits per heavy atom. The van der Waals surface area contributed by atoms with Crippen LogP contribution in [0, 0.1) is 5.92 Å². The van der Waals surface area contributed by atoms with E-state index in [1.165, 1.54) is 0 Å². The van der Waals surface area contributed by atoms with Gasteiger partial charge in [0.05, 0.1) is 12.3 Å². The Hall–Kier alpha value is -2.90. The number of para-hydroxylation sites is 1. The summed E-state index contributed by atoms with van der Waals surface area (Å²) in [7, 11) is 0. The molecule has 1 unspecified atom stereocenters. The number of hydrazone groups is 1. The zero-order valence-corrected chi connectivity index (χ0v) is 18.7. The van der Waals surface area contributed by atoms with Crippen molar-refractivity contribution in [1.82, 2.24) is 9.80 Å². The Labute approximate surface area is 189 Å². The SMILES string of the molecule is CCOC(=O)C1=NN(c2ccccc2)C(C(=O)N2CCC(CC(=O)N3CCCC3)CC2)C1. The van der Waals surface area contributed by atoms with E-state index in [0.29, 0.717) is 25.4 Å². The van der Waals surface area contributed by atoms with Gasteiger partial charge in [-0.25, -0.2) is 4.79 Å². The molecule has 1 aromatic carbocycles. The van der Waals surface area contributed by atoms with E-state index < -0.39 is 12.0 Å². The molecule has 8 heteroatoms. The van der Waals surface area contributed by atoms with Gasteiger partial charge < -0.3 is 14.5 Å². The molecular formula is C24H32N4O4. The van der Waals surface area contributed by atoms with E-state index in [9.17, 15) is 14.4 Å². The number of benzene rings is 1. The number of likely N-dealkylation sites (tertiary alicyclic amines) is 2. The van der Waals surface area contributed by atoms with Crippen LogP contribution in [0.15, 0.2) is 35.4 Å². The Balaban J connectivity index is 1.38. The predicted octanol–water partition coefficient (Wildman–Crippen LogP) is 2.44. The molecule has 0 saturated carbocycles. The fourth-order valence-electron chi connectivity index (χ4n) is 4.77. The van der Waals surface area contributed by atoms with Gasteiger partial charge >= 0.3 is 5.97 Å². The molecule has 0 spiro atoms. The number of amides is 2. The average molecular weight is 441 g/mol. The second kappa shape index (κ2) is 10.1. The first kappa shape index (κ1) is 22.3. The van der Waals surface area contributed by atoms with Gasteiger partial charge in [0.15, 0.2) is 0 Å². The molecule has 8 nitrogen and oxygen atoms in total. The van der Waals surface area contributed by atoms with E-state index in [0.717, 1.165) is 44.5 Å². The minimum absolute atomic E-state index is 0.0266. The number of piperidine rings is 1. The van der Waals surface area contributed by atoms with Crippen molar-refractivity contribution in [1.29, 1.82) is 0 Å². The summed E-state index contributed by atoms with van der Waals surface area (Å²) in [6.07, 6.45) is 4.68. The van der Waals surface area contributed by atoms with Gasteiger partial charge in [-0.05, 0) is 50.7 Å². The summed E-state index contributed by atoms with van der Waals surface area (Å²) in [5, 5.41) is 6.10. The summed E-state index contributed by atoms with van der Waals surface area (Å²) >= 11 is 0. The first-order chi connectivity index (χ1) is 15.6. The smallest absolute Gasteiger partial charge is 0.354 e. The number of ether oxygens (including phenoxy) is 1. The number of esters is 1. The van der Waals surface area contributed by atoms with Crippen molar-refractivity contribution in [2.75, 3.05) is 37.8 Å². The van der Waals surface area contributed by atoms with E-state index in [-0.39, 0.29) is 30.6 Å². The molecule has 2 saturated heterocycles. The van der Waals surface area contributed by atoms with Gasteiger partial charge in [-0.2, -0.15) is 5.10 Å². The van der Waals surface area contributed by atoms with Crippen molar-refractivity contribution in [2.45, 2.75) is 51.5 Å². The van der Waals surface area contributed by atoms with Crippen LogP contribution in [0.2, 0.25) is 0 Å². The first-order valence-corrected chi connectivity index (χ1v) is 11.7. The fourth-order valence-corrected chi connectivity index (χ4v) is 4.77. The summed E-state index contributed by atoms with van der Waals surface area (Å²) in [5.74, 6) is 0.0854. The second-order valence-corrected chi connectivity index (χ2v) is 8.73. The lowest BCUT2D eigenvalue weighted by molar-refractivity contribution is -0.135. The molecule has 0 aliphatic carbocycles. The largest absolute Gasteiger partial charge is 0.461 e. The lowest BCUT2D eigenvalue weighted by Crippen LogP contribution is -2.48. The lowest BCUT2D eigenvalue weighted by Gasteiger charge is -2.35. The number of carbonyl (C=O) groups excluding carboxylic acids is 3. The van der Waals surface area contributed by atoms with E-state index in [2.05, 4.69) is 5.10 Å². The number of hydrogen-bond acceptors (Lipinski definition) is 6. The van der Waals surface area contributed by atoms with Crippen molar-refractivity contribution in [2.24, 2.45) is 11.0 Å². The molecule has 3 aliphatic rings. The zero-order valence-electron chi connectivity index (χ0n) is 18.7. The molecule has 0 radical (unpaired) electrons. The minimum Gasteiger partial charge on any atom is -0.461 e. The molecule has 0 N–H and O–H groups in total. The van der Waals surface area contributed by atoms with Crippen LogP contribution in [-0.4, -0.2) is 72.1 Å². The van der Waals surface area contributed by atoms with Gasteiger partial charge in [0.1, 0.15) is 11.8 Å². The van der Waals surface area contributed by atoms with Crippen molar-refractivity contribution >= 4 is 29.2 Å². The molecule has 3 heterocycles. The maximum absolute atomic E-state index is 13.4. The molecule has 4 rings (SSSR count). The molecule has 2 fully saturated rings. The molecule has 3 aliphatic heterocycles. The van der Waals surface area contributed by atoms with Crippen LogP contribution in [0.3, 0.4) is 0 Å². The molecule has 0 aromatic heterocycles. The van der Waals surface area contributed by atoms with E-state index in [1.807, 2.05) is 40.1 Å². The van der Waals surface area contributed by atoms with Gasteiger partial charge in [-0.15, -0.1) is 0 Å². The lowest BCUT2D eigenvalue weighted by atomic mass is 9.92. The maximum atomic E-state index is 13.4. The Bertz CT molecular complexity index is 858. The highest BCUT2D eigenvalue weighted by Gasteiger charge is 2.40. The van der Waals surface area contributed by atoms with Crippen LogP contribution in [0.1, 0.15) is 45.4 Å². The Kier molecular flexibility index (Phi) is 7.07. The van der Waals surface area contributed by atoms with Crippen molar-refractivity contribution in [3.05, 3.63) is 30.3 Å². The van der Waals surface area contributed by atoms with Crippen LogP contribution in [-0.2, 0) is 19.1 Å². The third-order valence-electron chi connectivity index (χ3n) is 6.58. The predicted molar refractivity (Wildman–Crippen MR) is 121 cm³/mol. The quantitative estimate of drug-likeness (QED) is 0.635. The molecule has 1 aromatic rings. The topological polar surface area (TPSA) is 82.5 Å². The number of nitrogens with zero attached hydrogens (tertiary/aromatic N) is 4. The number of carbonyl (C=O) groups is 3. The third kappa shape index (κ3) is 4.95. The molecular weight excluding hydrogens is 408 g/mol. The third-order valence-corrected chi connectivity index (χ3v) is 6.58. The van der Waals surface area contributed by atoms with E-state index in [4.69, 9.17) is 4.74 Å². The molecule has 0 bridgehead atoms. The Morgan fingerprint density at radius 3 is 2.34 bits per heavy atom. The Morgan fingerprint density at radius 2 is 1.69 bits per heavy atom. The van der Waals surface area contributed by atoms with Gasteiger partial charge in [0.25, 0.3) is 0 Å². The summed E-state index contributed by atoms with van der Waals surface area (Å²) in [5.41, 5.74) is 1.05. The van der Waals surface area contributed by atoms with Crippen LogP contribution < -0.4 is 5.01 Å². The monoisotopic (exact) mass is 440 g/mol. The van der Waals surface area contributed by atoms with Crippen LogP contribution >= 0.6 is 0 Å². The van der Waals surface area contributed by atoms with Gasteiger partial charge in [-0.1, -0.05) is 18.2 Å². The zero-order chi connectivity index (χ0) is 22.5. The normalized spacial score (nSPS) is 21.6. The molecule has 32 heavy (non-hydrogen) atoms. The number of hydrogen-bond donors (Lipinski definition) is 0. The van der Waals surface area contributed by atoms with Gasteiger partial charge in [0, 0.05) is 39.0 Å². The fraction of sp³-hybridized carbons (Fsp3) is 0.583. The van der Waals surface area contributed by atoms with Crippen LogP contribution in [0.4, 0.5) is 5.69 Å². The maximum Gasteiger partial charge on any atom is 0.354 e. The highest BCUT2D eigenvalue weighted by Crippen LogP contribution is 2.29. The molecule has 172 valence electrons. The minimum atomic E-state index is -0.556. The van der Waals surface area contributed by atoms with Gasteiger partial charge in [0.2, 0.25) is 11.8 Å². The molecule has 1 atom stereocenters. The van der Waals surface area contributed by atoms with Crippen LogP contribution in [0.25, 0.3) is 0 Å². The first-order valence-electron chi connectivity index (χ1n) is 11.7. The van der Waals surface area contributed by atoms with Crippen molar-refractivity contribution in [3.63, 3.8) is 0 Å². The standard InChI is InChI=1S/C24H32N4O4/c1-2-32-24(31)20-17-21(28(25-20)19-8-4-3-5-9-19)23(30)27-14-10-18(11-15-27)16-22(29)26-12-6-7-13-26/h3-5,8-9,18,21H,2,6-7,10-17H2,1H3. The number of anilines is 1. The second-order valence-electron chi connectivity index (χ2n) is 8.73. The number of rotatable bonds is 6. The van der Waals surface area contributed by atoms with E-state index >= 15 is 0 Å². The average Bonchev–Trinajstić information content (AvgIpc) is 3.51.